The van der Waals surface area contributed by atoms with E-state index in [0.29, 0.717) is 36.6 Å². The molecule has 0 fully saturated rings. The maximum Gasteiger partial charge on any atom is 0.344 e. The number of carboxylic acids is 1. The Hall–Kier alpha value is -3.80. The highest BCUT2D eigenvalue weighted by Gasteiger charge is 2.19. The largest absolute Gasteiger partial charge is 0.506 e. The Labute approximate surface area is 228 Å². The summed E-state index contributed by atoms with van der Waals surface area (Å²) in [5.41, 5.74) is 2.36. The van der Waals surface area contributed by atoms with Crippen molar-refractivity contribution in [3.8, 4) is 28.4 Å². The minimum atomic E-state index is -3.58. The van der Waals surface area contributed by atoms with Gasteiger partial charge in [0, 0.05) is 12.6 Å². The van der Waals surface area contributed by atoms with Crippen LogP contribution in [0.25, 0.3) is 11.1 Å². The van der Waals surface area contributed by atoms with E-state index in [2.05, 4.69) is 10.0 Å². The van der Waals surface area contributed by atoms with Gasteiger partial charge in [0.05, 0.1) is 18.0 Å². The number of aliphatic hydroxyl groups is 1. The fraction of sp³-hybridized carbons (Fsp3) is 0.321. The number of aliphatic carboxylic acids is 1. The van der Waals surface area contributed by atoms with Gasteiger partial charge in [-0.3, -0.25) is 4.72 Å². The third-order valence-corrected chi connectivity index (χ3v) is 6.53. The van der Waals surface area contributed by atoms with E-state index in [1.54, 1.807) is 26.0 Å². The van der Waals surface area contributed by atoms with E-state index in [1.165, 1.54) is 18.2 Å². The fourth-order valence-electron chi connectivity index (χ4n) is 3.82. The van der Waals surface area contributed by atoms with Crippen molar-refractivity contribution in [1.82, 2.24) is 5.32 Å². The van der Waals surface area contributed by atoms with Gasteiger partial charge >= 0.3 is 5.97 Å². The maximum atomic E-state index is 11.5. The van der Waals surface area contributed by atoms with E-state index in [1.807, 2.05) is 36.4 Å². The highest BCUT2D eigenvalue weighted by molar-refractivity contribution is 7.92. The first-order valence-corrected chi connectivity index (χ1v) is 14.3. The summed E-state index contributed by atoms with van der Waals surface area (Å²) in [6.07, 6.45) is -0.470. The normalized spacial score (nSPS) is 13.7. The number of ether oxygens (including phenoxy) is 2. The van der Waals surface area contributed by atoms with E-state index in [0.717, 1.165) is 17.4 Å². The predicted molar refractivity (Wildman–Crippen MR) is 149 cm³/mol. The van der Waals surface area contributed by atoms with Gasteiger partial charge in [-0.25, -0.2) is 13.2 Å². The van der Waals surface area contributed by atoms with Crippen molar-refractivity contribution in [2.75, 3.05) is 24.1 Å². The first kappa shape index (κ1) is 29.8. The number of phenolic OH excluding ortho intramolecular Hbond substituents is 1. The van der Waals surface area contributed by atoms with Crippen LogP contribution in [0.3, 0.4) is 0 Å². The molecule has 5 N–H and O–H groups in total. The molecule has 3 atom stereocenters. The topological polar surface area (TPSA) is 154 Å². The molecule has 0 saturated carbocycles. The van der Waals surface area contributed by atoms with Crippen LogP contribution in [0.15, 0.2) is 66.7 Å². The molecule has 210 valence electrons. The number of hydrogen-bond donors (Lipinski definition) is 5. The minimum Gasteiger partial charge on any atom is -0.506 e. The molecule has 0 aliphatic rings. The van der Waals surface area contributed by atoms with Gasteiger partial charge in [0.25, 0.3) is 0 Å². The van der Waals surface area contributed by atoms with Gasteiger partial charge in [-0.05, 0) is 66.4 Å². The highest BCUT2D eigenvalue weighted by Crippen LogP contribution is 2.29. The smallest absolute Gasteiger partial charge is 0.344 e. The molecule has 3 aromatic rings. The molecular weight excluding hydrogens is 524 g/mol. The Morgan fingerprint density at radius 3 is 2.10 bits per heavy atom. The lowest BCUT2D eigenvalue weighted by Gasteiger charge is -2.21. The zero-order chi connectivity index (χ0) is 28.6. The molecule has 39 heavy (non-hydrogen) atoms. The zero-order valence-electron chi connectivity index (χ0n) is 22.0. The number of anilines is 1. The molecule has 3 rings (SSSR count). The van der Waals surface area contributed by atoms with Crippen LogP contribution in [0.4, 0.5) is 5.69 Å². The monoisotopic (exact) mass is 558 g/mol. The number of sulfonamides is 1. The summed E-state index contributed by atoms with van der Waals surface area (Å²) in [6, 6.07) is 18.6. The van der Waals surface area contributed by atoms with Gasteiger partial charge in [-0.1, -0.05) is 37.3 Å². The average Bonchev–Trinajstić information content (AvgIpc) is 2.90. The van der Waals surface area contributed by atoms with Crippen molar-refractivity contribution in [2.24, 2.45) is 0 Å². The molecule has 0 amide bonds. The second-order valence-corrected chi connectivity index (χ2v) is 10.8. The van der Waals surface area contributed by atoms with E-state index in [-0.39, 0.29) is 17.5 Å². The number of hydrogen-bond acceptors (Lipinski definition) is 8. The van der Waals surface area contributed by atoms with Crippen molar-refractivity contribution in [3.63, 3.8) is 0 Å². The van der Waals surface area contributed by atoms with Crippen LogP contribution in [0.2, 0.25) is 0 Å². The number of benzene rings is 3. The van der Waals surface area contributed by atoms with Crippen molar-refractivity contribution >= 4 is 21.7 Å². The van der Waals surface area contributed by atoms with Crippen LogP contribution >= 0.6 is 0 Å². The Balaban J connectivity index is 1.48. The maximum absolute atomic E-state index is 11.5. The molecule has 0 aliphatic carbocycles. The van der Waals surface area contributed by atoms with Gasteiger partial charge in [0.15, 0.2) is 6.10 Å². The lowest BCUT2D eigenvalue weighted by Crippen LogP contribution is -2.35. The Morgan fingerprint density at radius 1 is 0.974 bits per heavy atom. The van der Waals surface area contributed by atoms with Crippen molar-refractivity contribution in [2.45, 2.75) is 38.5 Å². The van der Waals surface area contributed by atoms with Crippen LogP contribution in [0.5, 0.6) is 17.2 Å². The summed E-state index contributed by atoms with van der Waals surface area (Å²) in [5.74, 6) is -0.0519. The van der Waals surface area contributed by atoms with Crippen molar-refractivity contribution in [1.29, 1.82) is 0 Å². The number of carboxylic acid groups (broad SMARTS) is 1. The fourth-order valence-corrected chi connectivity index (χ4v) is 4.38. The molecule has 11 heteroatoms. The summed E-state index contributed by atoms with van der Waals surface area (Å²) in [5, 5.41) is 32.9. The second-order valence-electron chi connectivity index (χ2n) is 9.09. The molecule has 0 bridgehead atoms. The molecule has 1 unspecified atom stereocenters. The lowest BCUT2D eigenvalue weighted by atomic mass is 10.0. The molecule has 0 radical (unpaired) electrons. The van der Waals surface area contributed by atoms with Crippen LogP contribution in [-0.4, -0.2) is 61.3 Å². The van der Waals surface area contributed by atoms with Gasteiger partial charge in [0.1, 0.15) is 23.9 Å². The van der Waals surface area contributed by atoms with Gasteiger partial charge < -0.3 is 30.1 Å². The molecule has 0 aliphatic heterocycles. The Bertz CT molecular complexity index is 1340. The van der Waals surface area contributed by atoms with Gasteiger partial charge in [-0.15, -0.1) is 0 Å². The van der Waals surface area contributed by atoms with Crippen LogP contribution in [0.1, 0.15) is 31.9 Å². The summed E-state index contributed by atoms with van der Waals surface area (Å²) < 4.78 is 36.5. The first-order valence-electron chi connectivity index (χ1n) is 12.4. The molecule has 0 spiro atoms. The van der Waals surface area contributed by atoms with Crippen LogP contribution in [-0.2, 0) is 14.8 Å². The number of phenols is 1. The molecular formula is C28H34N2O8S. The minimum absolute atomic E-state index is 0.000579. The Kier molecular flexibility index (Phi) is 10.2. The number of nitrogens with one attached hydrogen (secondary N) is 2. The molecule has 0 heterocycles. The third-order valence-electron chi connectivity index (χ3n) is 5.93. The zero-order valence-corrected chi connectivity index (χ0v) is 22.8. The lowest BCUT2D eigenvalue weighted by molar-refractivity contribution is -0.145. The van der Waals surface area contributed by atoms with Crippen molar-refractivity contribution < 1.29 is 38.0 Å². The average molecular weight is 559 g/mol. The van der Waals surface area contributed by atoms with E-state index in [4.69, 9.17) is 14.6 Å². The van der Waals surface area contributed by atoms with E-state index in [9.17, 15) is 23.4 Å². The van der Waals surface area contributed by atoms with Gasteiger partial charge in [0.2, 0.25) is 10.0 Å². The van der Waals surface area contributed by atoms with Gasteiger partial charge in [-0.2, -0.15) is 0 Å². The predicted octanol–water partition coefficient (Wildman–Crippen LogP) is 3.76. The Morgan fingerprint density at radius 2 is 1.56 bits per heavy atom. The number of aliphatic hydroxyl groups excluding tert-OH is 1. The molecule has 10 nitrogen and oxygen atoms in total. The molecule has 0 aromatic heterocycles. The van der Waals surface area contributed by atoms with E-state index < -0.39 is 28.2 Å². The number of aromatic hydroxyl groups is 1. The third kappa shape index (κ3) is 8.88. The van der Waals surface area contributed by atoms with E-state index >= 15 is 0 Å². The van der Waals surface area contributed by atoms with Crippen LogP contribution < -0.4 is 19.5 Å². The summed E-state index contributed by atoms with van der Waals surface area (Å²) >= 11 is 0. The standard InChI is InChI=1S/C28H34N2O8S/c1-4-26(28(33)34)38-23-12-7-20(8-13-23)19-5-10-22(11-6-19)37-16-15-29-18(2)27(32)21-9-14-25(31)24(17-21)30-39(3,35)36/h5-14,17-18,26-27,29-32H,4,15-16H2,1-3H3,(H,33,34)/t18-,26?,27+/m0/s1. The number of carbonyl (C=O) groups is 1. The summed E-state index contributed by atoms with van der Waals surface area (Å²) in [4.78, 5) is 11.2. The summed E-state index contributed by atoms with van der Waals surface area (Å²) in [6.45, 7) is 4.34. The first-order chi connectivity index (χ1) is 18.5. The molecule has 0 saturated heterocycles. The summed E-state index contributed by atoms with van der Waals surface area (Å²) in [7, 11) is -3.58. The van der Waals surface area contributed by atoms with Crippen LogP contribution in [0, 0.1) is 0 Å². The second kappa shape index (κ2) is 13.3. The van der Waals surface area contributed by atoms with Crippen molar-refractivity contribution in [3.05, 3.63) is 72.3 Å². The molecule has 3 aromatic carbocycles. The SMILES string of the molecule is CCC(Oc1ccc(-c2ccc(OCCN[C@@H](C)[C@@H](O)c3ccc(O)c(NS(C)(=O)=O)c3)cc2)cc1)C(=O)O. The highest BCUT2D eigenvalue weighted by atomic mass is 32.2. The quantitative estimate of drug-likeness (QED) is 0.147. The number of rotatable bonds is 14.